The third-order valence-corrected chi connectivity index (χ3v) is 5.38. The molecule has 0 heterocycles. The molecule has 2 rings (SSSR count). The summed E-state index contributed by atoms with van der Waals surface area (Å²) in [7, 11) is 1.24. The molecule has 1 N–H and O–H groups in total. The molecule has 0 fully saturated rings. The van der Waals surface area contributed by atoms with Crippen LogP contribution in [0.1, 0.15) is 11.6 Å². The van der Waals surface area contributed by atoms with Crippen molar-refractivity contribution in [3.8, 4) is 11.5 Å². The second-order valence-electron chi connectivity index (χ2n) is 6.13. The Hall–Kier alpha value is -2.30. The first-order valence-corrected chi connectivity index (χ1v) is 9.66. The Kier molecular flexibility index (Phi) is 6.91. The van der Waals surface area contributed by atoms with E-state index in [9.17, 15) is 21.6 Å². The Morgan fingerprint density at radius 3 is 2.25 bits per heavy atom. The van der Waals surface area contributed by atoms with E-state index in [-0.39, 0.29) is 17.5 Å². The number of sulfonamides is 1. The van der Waals surface area contributed by atoms with Crippen LogP contribution in [0.15, 0.2) is 53.4 Å². The molecule has 0 saturated heterocycles. The number of nitrogens with zero attached hydrogens (tertiary/aromatic N) is 1. The second kappa shape index (κ2) is 8.80. The molecule has 0 spiro atoms. The fourth-order valence-corrected chi connectivity index (χ4v) is 3.58. The fourth-order valence-electron chi connectivity index (χ4n) is 2.54. The van der Waals surface area contributed by atoms with E-state index in [1.165, 1.54) is 0 Å². The molecule has 0 aliphatic rings. The van der Waals surface area contributed by atoms with E-state index in [2.05, 4.69) is 9.46 Å². The number of alkyl halides is 3. The number of hydrogen-bond acceptors (Lipinski definition) is 5. The van der Waals surface area contributed by atoms with Crippen molar-refractivity contribution < 1.29 is 31.1 Å². The molecule has 2 aromatic carbocycles. The van der Waals surface area contributed by atoms with Gasteiger partial charge in [-0.05, 0) is 56.1 Å². The minimum absolute atomic E-state index is 0.0588. The first kappa shape index (κ1) is 22.0. The molecule has 0 aromatic heterocycles. The Balaban J connectivity index is 2.13. The molecule has 1 atom stereocenters. The van der Waals surface area contributed by atoms with Gasteiger partial charge in [-0.25, -0.2) is 13.1 Å². The maximum atomic E-state index is 12.5. The SMILES string of the molecule is COc1cccc(C(CNS(=O)(=O)c2ccc(OC(F)(F)F)cc2)N(C)C)c1. The third kappa shape index (κ3) is 6.11. The lowest BCUT2D eigenvalue weighted by molar-refractivity contribution is -0.274. The third-order valence-electron chi connectivity index (χ3n) is 3.94. The van der Waals surface area contributed by atoms with Gasteiger partial charge in [0.15, 0.2) is 0 Å². The Morgan fingerprint density at radius 1 is 1.07 bits per heavy atom. The average Bonchev–Trinajstić information content (AvgIpc) is 2.61. The lowest BCUT2D eigenvalue weighted by Crippen LogP contribution is -2.34. The van der Waals surface area contributed by atoms with Crippen molar-refractivity contribution in [1.82, 2.24) is 9.62 Å². The Bertz CT molecular complexity index is 884. The molecule has 1 unspecified atom stereocenters. The quantitative estimate of drug-likeness (QED) is 0.713. The number of likely N-dealkylation sites (N-methyl/N-ethyl adjacent to an activating group) is 1. The molecular formula is C18H21F3N2O4S. The summed E-state index contributed by atoms with van der Waals surface area (Å²) < 4.78 is 73.0. The van der Waals surface area contributed by atoms with Crippen LogP contribution in [0.25, 0.3) is 0 Å². The van der Waals surface area contributed by atoms with Crippen LogP contribution >= 0.6 is 0 Å². The van der Waals surface area contributed by atoms with Crippen LogP contribution in [0.2, 0.25) is 0 Å². The summed E-state index contributed by atoms with van der Waals surface area (Å²) in [6.07, 6.45) is -4.84. The highest BCUT2D eigenvalue weighted by molar-refractivity contribution is 7.89. The highest BCUT2D eigenvalue weighted by Gasteiger charge is 2.31. The van der Waals surface area contributed by atoms with E-state index in [0.717, 1.165) is 29.8 Å². The monoisotopic (exact) mass is 418 g/mol. The average molecular weight is 418 g/mol. The molecule has 0 saturated carbocycles. The van der Waals surface area contributed by atoms with Gasteiger partial charge in [-0.1, -0.05) is 12.1 Å². The number of halogens is 3. The van der Waals surface area contributed by atoms with Crippen molar-refractivity contribution in [2.45, 2.75) is 17.3 Å². The summed E-state index contributed by atoms with van der Waals surface area (Å²) in [6.45, 7) is 0.0588. The van der Waals surface area contributed by atoms with E-state index in [1.54, 1.807) is 19.2 Å². The number of benzene rings is 2. The first-order valence-electron chi connectivity index (χ1n) is 8.17. The van der Waals surface area contributed by atoms with Crippen LogP contribution in [0.5, 0.6) is 11.5 Å². The first-order chi connectivity index (χ1) is 13.0. The molecule has 10 heteroatoms. The molecule has 0 radical (unpaired) electrons. The predicted octanol–water partition coefficient (Wildman–Crippen LogP) is 3.18. The van der Waals surface area contributed by atoms with Gasteiger partial charge < -0.3 is 14.4 Å². The lowest BCUT2D eigenvalue weighted by atomic mass is 10.1. The van der Waals surface area contributed by atoms with E-state index < -0.39 is 22.1 Å². The van der Waals surface area contributed by atoms with Crippen molar-refractivity contribution in [3.05, 3.63) is 54.1 Å². The fraction of sp³-hybridized carbons (Fsp3) is 0.333. The van der Waals surface area contributed by atoms with E-state index >= 15 is 0 Å². The van der Waals surface area contributed by atoms with Crippen LogP contribution in [0.4, 0.5) is 13.2 Å². The van der Waals surface area contributed by atoms with Gasteiger partial charge in [-0.15, -0.1) is 13.2 Å². The van der Waals surface area contributed by atoms with E-state index in [0.29, 0.717) is 5.75 Å². The largest absolute Gasteiger partial charge is 0.573 e. The molecule has 2 aromatic rings. The van der Waals surface area contributed by atoms with E-state index in [4.69, 9.17) is 4.74 Å². The minimum Gasteiger partial charge on any atom is -0.497 e. The highest BCUT2D eigenvalue weighted by atomic mass is 32.2. The van der Waals surface area contributed by atoms with Crippen LogP contribution in [0.3, 0.4) is 0 Å². The topological polar surface area (TPSA) is 67.9 Å². The number of rotatable bonds is 8. The maximum Gasteiger partial charge on any atom is 0.573 e. The zero-order chi connectivity index (χ0) is 20.9. The van der Waals surface area contributed by atoms with Crippen molar-refractivity contribution >= 4 is 10.0 Å². The van der Waals surface area contributed by atoms with Gasteiger partial charge in [0.2, 0.25) is 10.0 Å². The maximum absolute atomic E-state index is 12.5. The van der Waals surface area contributed by atoms with Crippen LogP contribution in [-0.4, -0.2) is 47.4 Å². The summed E-state index contributed by atoms with van der Waals surface area (Å²) in [5, 5.41) is 0. The van der Waals surface area contributed by atoms with Gasteiger partial charge in [0.1, 0.15) is 11.5 Å². The summed E-state index contributed by atoms with van der Waals surface area (Å²) in [5.74, 6) is 0.154. The summed E-state index contributed by atoms with van der Waals surface area (Å²) >= 11 is 0. The molecule has 154 valence electrons. The lowest BCUT2D eigenvalue weighted by Gasteiger charge is -2.25. The van der Waals surface area contributed by atoms with Crippen LogP contribution < -0.4 is 14.2 Å². The number of methoxy groups -OCH3 is 1. The van der Waals surface area contributed by atoms with Gasteiger partial charge in [0, 0.05) is 12.6 Å². The predicted molar refractivity (Wildman–Crippen MR) is 97.7 cm³/mol. The summed E-state index contributed by atoms with van der Waals surface area (Å²) in [4.78, 5) is 1.68. The molecular weight excluding hydrogens is 397 g/mol. The van der Waals surface area contributed by atoms with Crippen molar-refractivity contribution in [2.24, 2.45) is 0 Å². The summed E-state index contributed by atoms with van der Waals surface area (Å²) in [5.41, 5.74) is 0.848. The van der Waals surface area contributed by atoms with Gasteiger partial charge in [0.25, 0.3) is 0 Å². The van der Waals surface area contributed by atoms with E-state index in [1.807, 2.05) is 31.1 Å². The highest BCUT2D eigenvalue weighted by Crippen LogP contribution is 2.25. The van der Waals surface area contributed by atoms with Crippen molar-refractivity contribution in [1.29, 1.82) is 0 Å². The zero-order valence-electron chi connectivity index (χ0n) is 15.5. The Morgan fingerprint density at radius 2 is 1.71 bits per heavy atom. The smallest absolute Gasteiger partial charge is 0.497 e. The van der Waals surface area contributed by atoms with Gasteiger partial charge in [-0.3, -0.25) is 0 Å². The van der Waals surface area contributed by atoms with Crippen LogP contribution in [0, 0.1) is 0 Å². The number of ether oxygens (including phenoxy) is 2. The molecule has 0 amide bonds. The molecule has 28 heavy (non-hydrogen) atoms. The Labute approximate surface area is 161 Å². The number of nitrogens with one attached hydrogen (secondary N) is 1. The minimum atomic E-state index is -4.84. The standard InChI is InChI=1S/C18H21F3N2O4S/c1-23(2)17(13-5-4-6-15(11-13)26-3)12-22-28(24,25)16-9-7-14(8-10-16)27-18(19,20)21/h4-11,17,22H,12H2,1-3H3. The van der Waals surface area contributed by atoms with Crippen molar-refractivity contribution in [3.63, 3.8) is 0 Å². The molecule has 6 nitrogen and oxygen atoms in total. The molecule has 0 aliphatic heterocycles. The van der Waals surface area contributed by atoms with Gasteiger partial charge in [0.05, 0.1) is 12.0 Å². The van der Waals surface area contributed by atoms with Crippen molar-refractivity contribution in [2.75, 3.05) is 27.7 Å². The summed E-state index contributed by atoms with van der Waals surface area (Å²) in [6, 6.07) is 11.0. The zero-order valence-corrected chi connectivity index (χ0v) is 16.3. The van der Waals surface area contributed by atoms with Crippen LogP contribution in [-0.2, 0) is 10.0 Å². The molecule has 0 aliphatic carbocycles. The van der Waals surface area contributed by atoms with Gasteiger partial charge >= 0.3 is 6.36 Å². The van der Waals surface area contributed by atoms with Gasteiger partial charge in [-0.2, -0.15) is 0 Å². The molecule has 0 bridgehead atoms. The normalized spacial score (nSPS) is 13.4. The second-order valence-corrected chi connectivity index (χ2v) is 7.89. The number of hydrogen-bond donors (Lipinski definition) is 1.